The second-order valence-electron chi connectivity index (χ2n) is 5.84. The first-order valence-corrected chi connectivity index (χ1v) is 7.74. The minimum atomic E-state index is -1.08. The van der Waals surface area contributed by atoms with E-state index in [1.54, 1.807) is 0 Å². The van der Waals surface area contributed by atoms with Gasteiger partial charge in [-0.15, -0.1) is 0 Å². The molecule has 2 aliphatic rings. The van der Waals surface area contributed by atoms with Gasteiger partial charge in [0.05, 0.1) is 13.2 Å². The summed E-state index contributed by atoms with van der Waals surface area (Å²) in [6.07, 6.45) is 2.12. The fraction of sp³-hybridized carbons (Fsp3) is 0.562. The van der Waals surface area contributed by atoms with Crippen molar-refractivity contribution in [2.24, 2.45) is 0 Å². The smallest absolute Gasteiger partial charge is 0.315 e. The Morgan fingerprint density at radius 3 is 2.86 bits per heavy atom. The van der Waals surface area contributed by atoms with Gasteiger partial charge >= 0.3 is 6.03 Å². The van der Waals surface area contributed by atoms with Gasteiger partial charge in [0.1, 0.15) is 11.4 Å². The highest BCUT2D eigenvalue weighted by Crippen LogP contribution is 2.36. The molecule has 0 unspecified atom stereocenters. The van der Waals surface area contributed by atoms with Crippen molar-refractivity contribution in [3.05, 3.63) is 29.8 Å². The number of urea groups is 1. The summed E-state index contributed by atoms with van der Waals surface area (Å²) in [7, 11) is 0. The molecule has 1 aromatic carbocycles. The number of carbonyl (C=O) groups is 1. The van der Waals surface area contributed by atoms with Crippen molar-refractivity contribution in [1.82, 2.24) is 10.6 Å². The van der Waals surface area contributed by atoms with E-state index < -0.39 is 5.60 Å². The summed E-state index contributed by atoms with van der Waals surface area (Å²) in [5, 5.41) is 16.5. The summed E-state index contributed by atoms with van der Waals surface area (Å²) in [5.74, 6) is 0.683. The lowest BCUT2D eigenvalue weighted by molar-refractivity contribution is -0.000177. The first-order chi connectivity index (χ1) is 10.7. The minimum Gasteiger partial charge on any atom is -0.493 e. The highest BCUT2D eigenvalue weighted by Gasteiger charge is 2.35. The van der Waals surface area contributed by atoms with Crippen LogP contribution in [-0.2, 0) is 10.3 Å². The largest absolute Gasteiger partial charge is 0.493 e. The van der Waals surface area contributed by atoms with E-state index in [4.69, 9.17) is 9.47 Å². The van der Waals surface area contributed by atoms with Crippen molar-refractivity contribution < 1.29 is 19.4 Å². The van der Waals surface area contributed by atoms with Gasteiger partial charge in [-0.3, -0.25) is 0 Å². The van der Waals surface area contributed by atoms with Crippen molar-refractivity contribution in [3.8, 4) is 5.75 Å². The number of amides is 2. The van der Waals surface area contributed by atoms with Gasteiger partial charge in [-0.25, -0.2) is 4.79 Å². The average molecular weight is 306 g/mol. The SMILES string of the molecule is O=C(NC[C@@]1(O)CCOc2ccccc21)NC1CCOCC1. The van der Waals surface area contributed by atoms with Crippen molar-refractivity contribution in [2.75, 3.05) is 26.4 Å². The Morgan fingerprint density at radius 1 is 1.27 bits per heavy atom. The van der Waals surface area contributed by atoms with E-state index in [-0.39, 0.29) is 18.6 Å². The van der Waals surface area contributed by atoms with E-state index in [0.717, 1.165) is 18.4 Å². The van der Waals surface area contributed by atoms with Crippen LogP contribution < -0.4 is 15.4 Å². The van der Waals surface area contributed by atoms with Crippen LogP contribution in [0.2, 0.25) is 0 Å². The first kappa shape index (κ1) is 15.1. The zero-order chi connectivity index (χ0) is 15.4. The van der Waals surface area contributed by atoms with Crippen molar-refractivity contribution in [2.45, 2.75) is 30.9 Å². The third-order valence-electron chi connectivity index (χ3n) is 4.26. The zero-order valence-corrected chi connectivity index (χ0v) is 12.5. The zero-order valence-electron chi connectivity index (χ0n) is 12.5. The Morgan fingerprint density at radius 2 is 2.05 bits per heavy atom. The van der Waals surface area contributed by atoms with Crippen LogP contribution in [0.25, 0.3) is 0 Å². The minimum absolute atomic E-state index is 0.144. The second-order valence-corrected chi connectivity index (χ2v) is 5.84. The van der Waals surface area contributed by atoms with Crippen LogP contribution in [0.5, 0.6) is 5.75 Å². The van der Waals surface area contributed by atoms with E-state index in [9.17, 15) is 9.90 Å². The number of para-hydroxylation sites is 1. The molecule has 3 rings (SSSR count). The fourth-order valence-electron chi connectivity index (χ4n) is 2.93. The van der Waals surface area contributed by atoms with Gasteiger partial charge < -0.3 is 25.2 Å². The number of benzene rings is 1. The Hall–Kier alpha value is -1.79. The van der Waals surface area contributed by atoms with Crippen LogP contribution in [0.4, 0.5) is 4.79 Å². The lowest BCUT2D eigenvalue weighted by Gasteiger charge is -2.34. The number of nitrogens with one attached hydrogen (secondary N) is 2. The molecule has 22 heavy (non-hydrogen) atoms. The molecule has 2 amide bonds. The van der Waals surface area contributed by atoms with E-state index >= 15 is 0 Å². The molecule has 0 spiro atoms. The molecule has 1 atom stereocenters. The molecular formula is C16H22N2O4. The summed E-state index contributed by atoms with van der Waals surface area (Å²) in [6.45, 7) is 1.97. The number of carbonyl (C=O) groups excluding carboxylic acids is 1. The van der Waals surface area contributed by atoms with Crippen LogP contribution in [0.1, 0.15) is 24.8 Å². The molecule has 2 heterocycles. The van der Waals surface area contributed by atoms with Crippen molar-refractivity contribution in [3.63, 3.8) is 0 Å². The molecule has 2 aliphatic heterocycles. The molecule has 0 aliphatic carbocycles. The Kier molecular flexibility index (Phi) is 4.49. The van der Waals surface area contributed by atoms with E-state index in [2.05, 4.69) is 10.6 Å². The lowest BCUT2D eigenvalue weighted by Crippen LogP contribution is -2.49. The molecule has 0 saturated carbocycles. The van der Waals surface area contributed by atoms with Gasteiger partial charge in [0, 0.05) is 31.2 Å². The van der Waals surface area contributed by atoms with Crippen molar-refractivity contribution >= 4 is 6.03 Å². The van der Waals surface area contributed by atoms with Gasteiger partial charge in [0.25, 0.3) is 0 Å². The number of hydrogen-bond donors (Lipinski definition) is 3. The molecule has 6 heteroatoms. The topological polar surface area (TPSA) is 79.8 Å². The summed E-state index contributed by atoms with van der Waals surface area (Å²) < 4.78 is 10.8. The molecule has 1 fully saturated rings. The Bertz CT molecular complexity index is 531. The van der Waals surface area contributed by atoms with Crippen LogP contribution in [0, 0.1) is 0 Å². The predicted octanol–water partition coefficient (Wildman–Crippen LogP) is 1.13. The fourth-order valence-corrected chi connectivity index (χ4v) is 2.93. The van der Waals surface area contributed by atoms with Crippen LogP contribution in [0.3, 0.4) is 0 Å². The van der Waals surface area contributed by atoms with Gasteiger partial charge in [0.15, 0.2) is 0 Å². The molecule has 3 N–H and O–H groups in total. The molecule has 0 bridgehead atoms. The number of aliphatic hydroxyl groups is 1. The summed E-state index contributed by atoms with van der Waals surface area (Å²) >= 11 is 0. The molecule has 1 aromatic rings. The second kappa shape index (κ2) is 6.54. The Balaban J connectivity index is 1.57. The predicted molar refractivity (Wildman–Crippen MR) is 80.8 cm³/mol. The highest BCUT2D eigenvalue weighted by atomic mass is 16.5. The summed E-state index contributed by atoms with van der Waals surface area (Å²) in [4.78, 5) is 12.0. The Labute approximate surface area is 129 Å². The van der Waals surface area contributed by atoms with Crippen molar-refractivity contribution in [1.29, 1.82) is 0 Å². The van der Waals surface area contributed by atoms with E-state index in [0.29, 0.717) is 32.0 Å². The number of fused-ring (bicyclic) bond motifs is 1. The molecular weight excluding hydrogens is 284 g/mol. The quantitative estimate of drug-likeness (QED) is 0.782. The normalized spacial score (nSPS) is 25.0. The first-order valence-electron chi connectivity index (χ1n) is 7.74. The highest BCUT2D eigenvalue weighted by molar-refractivity contribution is 5.74. The monoisotopic (exact) mass is 306 g/mol. The van der Waals surface area contributed by atoms with Gasteiger partial charge in [-0.05, 0) is 18.9 Å². The maximum Gasteiger partial charge on any atom is 0.315 e. The number of hydrogen-bond acceptors (Lipinski definition) is 4. The average Bonchev–Trinajstić information content (AvgIpc) is 2.55. The molecule has 120 valence electrons. The van der Waals surface area contributed by atoms with Gasteiger partial charge in [-0.2, -0.15) is 0 Å². The number of ether oxygens (including phenoxy) is 2. The molecule has 1 saturated heterocycles. The lowest BCUT2D eigenvalue weighted by atomic mass is 9.88. The van der Waals surface area contributed by atoms with Gasteiger partial charge in [-0.1, -0.05) is 18.2 Å². The van der Waals surface area contributed by atoms with Crippen LogP contribution in [0.15, 0.2) is 24.3 Å². The molecule has 0 aromatic heterocycles. The maximum atomic E-state index is 12.0. The summed E-state index contributed by atoms with van der Waals surface area (Å²) in [6, 6.07) is 7.31. The van der Waals surface area contributed by atoms with Crippen LogP contribution in [-0.4, -0.2) is 43.5 Å². The molecule has 0 radical (unpaired) electrons. The molecule has 6 nitrogen and oxygen atoms in total. The van der Waals surface area contributed by atoms with Crippen LogP contribution >= 0.6 is 0 Å². The third kappa shape index (κ3) is 3.34. The summed E-state index contributed by atoms with van der Waals surface area (Å²) in [5.41, 5.74) is -0.352. The van der Waals surface area contributed by atoms with E-state index in [1.807, 2.05) is 24.3 Å². The maximum absolute atomic E-state index is 12.0. The third-order valence-corrected chi connectivity index (χ3v) is 4.26. The van der Waals surface area contributed by atoms with Gasteiger partial charge in [0.2, 0.25) is 0 Å². The van der Waals surface area contributed by atoms with E-state index in [1.165, 1.54) is 0 Å². The number of rotatable bonds is 3. The standard InChI is InChI=1S/C16H22N2O4/c19-15(18-12-5-8-21-9-6-12)17-11-16(20)7-10-22-14-4-2-1-3-13(14)16/h1-4,12,20H,5-11H2,(H2,17,18,19)/t16-/m0/s1.